The van der Waals surface area contributed by atoms with E-state index in [9.17, 15) is 8.78 Å². The maximum Gasteiger partial charge on any atom is 0.387 e. The second-order valence-corrected chi connectivity index (χ2v) is 7.40. The summed E-state index contributed by atoms with van der Waals surface area (Å²) in [4.78, 5) is 2.35. The molecule has 2 aliphatic rings. The Morgan fingerprint density at radius 3 is 2.71 bits per heavy atom. The number of ether oxygens (including phenoxy) is 1. The Balaban J connectivity index is 0.00000225. The Kier molecular flexibility index (Phi) is 7.09. The first kappa shape index (κ1) is 21.2. The number of hydrogen-bond acceptors (Lipinski definition) is 5. The van der Waals surface area contributed by atoms with Crippen LogP contribution in [0, 0.1) is 0 Å². The van der Waals surface area contributed by atoms with Crippen molar-refractivity contribution in [3.05, 3.63) is 40.4 Å². The smallest absolute Gasteiger partial charge is 0.387 e. The fraction of sp³-hybridized carbons (Fsp3) is 0.556. The zero-order valence-electron chi connectivity index (χ0n) is 15.3. The van der Waals surface area contributed by atoms with Crippen molar-refractivity contribution < 1.29 is 13.5 Å². The Morgan fingerprint density at radius 2 is 2.00 bits per heavy atom. The summed E-state index contributed by atoms with van der Waals surface area (Å²) >= 11 is 6.05. The summed E-state index contributed by atoms with van der Waals surface area (Å²) in [7, 11) is 0. The molecule has 2 aliphatic heterocycles. The van der Waals surface area contributed by atoms with E-state index in [2.05, 4.69) is 29.7 Å². The molecule has 0 bridgehead atoms. The van der Waals surface area contributed by atoms with E-state index in [1.165, 1.54) is 6.07 Å². The first-order valence-corrected chi connectivity index (χ1v) is 9.56. The van der Waals surface area contributed by atoms with Crippen LogP contribution in [0.25, 0.3) is 0 Å². The van der Waals surface area contributed by atoms with E-state index in [-0.39, 0.29) is 23.2 Å². The summed E-state index contributed by atoms with van der Waals surface area (Å²) in [6.07, 6.45) is 2.07. The highest BCUT2D eigenvalue weighted by molar-refractivity contribution is 6.32. The van der Waals surface area contributed by atoms with Crippen molar-refractivity contribution in [3.8, 4) is 5.75 Å². The number of aromatic nitrogens is 3. The number of nitrogens with one attached hydrogen (secondary N) is 1. The van der Waals surface area contributed by atoms with Crippen molar-refractivity contribution >= 4 is 24.0 Å². The van der Waals surface area contributed by atoms with E-state index < -0.39 is 6.61 Å². The molecule has 0 saturated carbocycles. The Hall–Kier alpha value is -1.48. The Morgan fingerprint density at radius 1 is 1.21 bits per heavy atom. The van der Waals surface area contributed by atoms with Gasteiger partial charge in [-0.3, -0.25) is 4.90 Å². The van der Waals surface area contributed by atoms with E-state index in [0.29, 0.717) is 5.92 Å². The number of fused-ring (bicyclic) bond motifs is 1. The first-order valence-electron chi connectivity index (χ1n) is 9.18. The third kappa shape index (κ3) is 4.74. The number of halogens is 4. The number of alkyl halides is 2. The molecule has 1 saturated heterocycles. The molecule has 28 heavy (non-hydrogen) atoms. The second kappa shape index (κ2) is 9.35. The molecule has 0 radical (unpaired) electrons. The van der Waals surface area contributed by atoms with Crippen molar-refractivity contribution in [1.82, 2.24) is 25.0 Å². The molecular formula is C18H23Cl2F2N5O. The average molecular weight is 434 g/mol. The molecule has 1 fully saturated rings. The van der Waals surface area contributed by atoms with Gasteiger partial charge < -0.3 is 14.6 Å². The van der Waals surface area contributed by atoms with Gasteiger partial charge in [0.1, 0.15) is 17.4 Å². The van der Waals surface area contributed by atoms with Crippen LogP contribution in [0.1, 0.15) is 36.0 Å². The summed E-state index contributed by atoms with van der Waals surface area (Å²) in [5, 5.41) is 12.3. The molecule has 0 amide bonds. The molecule has 0 atom stereocenters. The van der Waals surface area contributed by atoms with Gasteiger partial charge in [0.15, 0.2) is 0 Å². The zero-order chi connectivity index (χ0) is 18.8. The largest absolute Gasteiger partial charge is 0.433 e. The van der Waals surface area contributed by atoms with Crippen molar-refractivity contribution in [3.63, 3.8) is 0 Å². The van der Waals surface area contributed by atoms with Gasteiger partial charge in [-0.15, -0.1) is 22.6 Å². The lowest BCUT2D eigenvalue weighted by Gasteiger charge is -2.32. The molecule has 3 heterocycles. The van der Waals surface area contributed by atoms with Crippen LogP contribution in [0.15, 0.2) is 18.2 Å². The third-order valence-corrected chi connectivity index (χ3v) is 5.52. The number of rotatable bonds is 5. The standard InChI is InChI=1S/C18H22ClF2N5O.ClH/c19-14-9-12(1-2-15(14)27-18(20)21)11-25-6-3-13(4-7-25)17-24-23-16-10-22-5-8-26(16)17;/h1-2,9,13,18,22H,3-8,10-11H2;1H. The lowest BCUT2D eigenvalue weighted by atomic mass is 9.95. The van der Waals surface area contributed by atoms with Gasteiger partial charge in [0.05, 0.1) is 11.6 Å². The van der Waals surface area contributed by atoms with Gasteiger partial charge in [-0.05, 0) is 43.6 Å². The average Bonchev–Trinajstić information content (AvgIpc) is 3.08. The fourth-order valence-electron chi connectivity index (χ4n) is 3.86. The molecule has 10 heteroatoms. The van der Waals surface area contributed by atoms with Gasteiger partial charge in [-0.1, -0.05) is 17.7 Å². The SMILES string of the molecule is Cl.FC(F)Oc1ccc(CN2CCC(c3nnc4n3CCNC4)CC2)cc1Cl. The van der Waals surface area contributed by atoms with Crippen molar-refractivity contribution in [2.75, 3.05) is 19.6 Å². The maximum absolute atomic E-state index is 12.3. The van der Waals surface area contributed by atoms with Crippen molar-refractivity contribution in [1.29, 1.82) is 0 Å². The van der Waals surface area contributed by atoms with Crippen LogP contribution in [0.5, 0.6) is 5.75 Å². The lowest BCUT2D eigenvalue weighted by Crippen LogP contribution is -2.34. The van der Waals surface area contributed by atoms with Crippen molar-refractivity contribution in [2.24, 2.45) is 0 Å². The topological polar surface area (TPSA) is 55.2 Å². The van der Waals surface area contributed by atoms with Gasteiger partial charge in [0, 0.05) is 25.6 Å². The molecule has 154 valence electrons. The van der Waals surface area contributed by atoms with Crippen molar-refractivity contribution in [2.45, 2.75) is 45.0 Å². The van der Waals surface area contributed by atoms with E-state index >= 15 is 0 Å². The van der Waals surface area contributed by atoms with E-state index in [0.717, 1.165) is 69.3 Å². The van der Waals surface area contributed by atoms with E-state index in [1.54, 1.807) is 12.1 Å². The van der Waals surface area contributed by atoms with Gasteiger partial charge in [0.25, 0.3) is 0 Å². The quantitative estimate of drug-likeness (QED) is 0.782. The molecule has 1 aromatic carbocycles. The number of benzene rings is 1. The minimum Gasteiger partial charge on any atom is -0.433 e. The van der Waals surface area contributed by atoms with Crippen LogP contribution in [0.3, 0.4) is 0 Å². The molecule has 1 N–H and O–H groups in total. The highest BCUT2D eigenvalue weighted by atomic mass is 35.5. The predicted octanol–water partition coefficient (Wildman–Crippen LogP) is 3.44. The highest BCUT2D eigenvalue weighted by Gasteiger charge is 2.27. The van der Waals surface area contributed by atoms with Crippen LogP contribution >= 0.6 is 24.0 Å². The van der Waals surface area contributed by atoms with Crippen LogP contribution in [-0.2, 0) is 19.6 Å². The second-order valence-electron chi connectivity index (χ2n) is 7.00. The number of likely N-dealkylation sites (tertiary alicyclic amines) is 1. The molecule has 0 spiro atoms. The summed E-state index contributed by atoms with van der Waals surface area (Å²) in [6.45, 7) is 2.47. The van der Waals surface area contributed by atoms with Gasteiger partial charge >= 0.3 is 6.61 Å². The Bertz CT molecular complexity index is 796. The molecule has 2 aromatic rings. The molecule has 4 rings (SSSR count). The number of hydrogen-bond donors (Lipinski definition) is 1. The lowest BCUT2D eigenvalue weighted by molar-refractivity contribution is -0.0498. The summed E-state index contributed by atoms with van der Waals surface area (Å²) < 4.78 is 31.3. The molecular weight excluding hydrogens is 411 g/mol. The van der Waals surface area contributed by atoms with E-state index in [1.807, 2.05) is 0 Å². The maximum atomic E-state index is 12.3. The van der Waals surface area contributed by atoms with Gasteiger partial charge in [-0.2, -0.15) is 8.78 Å². The molecule has 0 unspecified atom stereocenters. The molecule has 1 aromatic heterocycles. The fourth-order valence-corrected chi connectivity index (χ4v) is 4.11. The summed E-state index contributed by atoms with van der Waals surface area (Å²) in [5.74, 6) is 2.59. The first-order chi connectivity index (χ1) is 13.1. The number of piperidine rings is 1. The molecule has 0 aliphatic carbocycles. The zero-order valence-corrected chi connectivity index (χ0v) is 16.9. The predicted molar refractivity (Wildman–Crippen MR) is 104 cm³/mol. The Labute approximate surface area is 173 Å². The van der Waals surface area contributed by atoms with Gasteiger partial charge in [0.2, 0.25) is 0 Å². The summed E-state index contributed by atoms with van der Waals surface area (Å²) in [6, 6.07) is 5.00. The van der Waals surface area contributed by atoms with Crippen LogP contribution < -0.4 is 10.1 Å². The minimum atomic E-state index is -2.87. The van der Waals surface area contributed by atoms with E-state index in [4.69, 9.17) is 11.6 Å². The number of nitrogens with zero attached hydrogens (tertiary/aromatic N) is 4. The summed E-state index contributed by atoms with van der Waals surface area (Å²) in [5.41, 5.74) is 0.992. The highest BCUT2D eigenvalue weighted by Crippen LogP contribution is 2.30. The van der Waals surface area contributed by atoms with Crippen LogP contribution in [0.4, 0.5) is 8.78 Å². The monoisotopic (exact) mass is 433 g/mol. The van der Waals surface area contributed by atoms with Crippen LogP contribution in [-0.4, -0.2) is 45.9 Å². The third-order valence-electron chi connectivity index (χ3n) is 5.22. The van der Waals surface area contributed by atoms with Crippen LogP contribution in [0.2, 0.25) is 5.02 Å². The normalized spacial score (nSPS) is 18.0. The minimum absolute atomic E-state index is 0. The molecule has 6 nitrogen and oxygen atoms in total. The van der Waals surface area contributed by atoms with Gasteiger partial charge in [-0.25, -0.2) is 0 Å².